The van der Waals surface area contributed by atoms with Crippen molar-refractivity contribution in [3.05, 3.63) is 72.4 Å². The molecule has 0 heteroatoms. The van der Waals surface area contributed by atoms with Gasteiger partial charge in [-0.05, 0) is 34.3 Å². The average Bonchev–Trinajstić information content (AvgIpc) is 2.65. The highest BCUT2D eigenvalue weighted by Gasteiger charge is 2.22. The van der Waals surface area contributed by atoms with Crippen molar-refractivity contribution in [1.29, 1.82) is 0 Å². The highest BCUT2D eigenvalue weighted by atomic mass is 14.3. The fourth-order valence-electron chi connectivity index (χ4n) is 2.48. The lowest BCUT2D eigenvalue weighted by molar-refractivity contribution is 0.936. The maximum absolute atomic E-state index is 3.96. The summed E-state index contributed by atoms with van der Waals surface area (Å²) in [6, 6.07) is 8.52. The molecule has 86 valence electrons. The molecule has 0 saturated heterocycles. The van der Waals surface area contributed by atoms with Gasteiger partial charge in [-0.15, -0.1) is 0 Å². The fraction of sp³-hybridized carbons (Fsp3) is 0.176. The zero-order chi connectivity index (χ0) is 12.3. The van der Waals surface area contributed by atoms with Crippen LogP contribution >= 0.6 is 0 Å². The lowest BCUT2D eigenvalue weighted by atomic mass is 9.99. The molecule has 0 aliphatic heterocycles. The maximum Gasteiger partial charge on any atom is -0.0102 e. The summed E-state index contributed by atoms with van der Waals surface area (Å²) in [5.41, 5.74) is 6.62. The van der Waals surface area contributed by atoms with E-state index in [1.165, 1.54) is 27.8 Å². The zero-order valence-corrected chi connectivity index (χ0v) is 10.4. The summed E-state index contributed by atoms with van der Waals surface area (Å²) in [4.78, 5) is 0. The Morgan fingerprint density at radius 2 is 1.82 bits per heavy atom. The number of hydrogen-bond acceptors (Lipinski definition) is 0. The first-order chi connectivity index (χ1) is 8.33. The maximum atomic E-state index is 3.96. The third kappa shape index (κ3) is 1.91. The Bertz CT molecular complexity index is 513. The molecular formula is C17H18. The van der Waals surface area contributed by atoms with Gasteiger partial charge >= 0.3 is 0 Å². The predicted octanol–water partition coefficient (Wildman–Crippen LogP) is 5.01. The molecule has 0 heterocycles. The van der Waals surface area contributed by atoms with Crippen LogP contribution in [0.4, 0.5) is 0 Å². The van der Waals surface area contributed by atoms with Gasteiger partial charge in [0.2, 0.25) is 0 Å². The molecule has 2 rings (SSSR count). The molecule has 1 aromatic carbocycles. The van der Waals surface area contributed by atoms with Crippen molar-refractivity contribution in [3.8, 4) is 0 Å². The summed E-state index contributed by atoms with van der Waals surface area (Å²) in [7, 11) is 0. The third-order valence-electron chi connectivity index (χ3n) is 3.15. The second-order valence-corrected chi connectivity index (χ2v) is 4.21. The molecule has 0 aromatic heterocycles. The molecule has 0 unspecified atom stereocenters. The quantitative estimate of drug-likeness (QED) is 0.671. The largest absolute Gasteiger partial charge is 0.0990 e. The minimum Gasteiger partial charge on any atom is -0.0990 e. The summed E-state index contributed by atoms with van der Waals surface area (Å²) >= 11 is 0. The van der Waals surface area contributed by atoms with E-state index < -0.39 is 0 Å². The smallest absolute Gasteiger partial charge is 0.0102 e. The first-order valence-electron chi connectivity index (χ1n) is 6.12. The Kier molecular flexibility index (Phi) is 3.43. The van der Waals surface area contributed by atoms with Gasteiger partial charge in [-0.25, -0.2) is 0 Å². The molecule has 17 heavy (non-hydrogen) atoms. The Morgan fingerprint density at radius 3 is 2.41 bits per heavy atom. The molecule has 0 radical (unpaired) electrons. The Balaban J connectivity index is 2.66. The first-order valence-corrected chi connectivity index (χ1v) is 6.12. The molecule has 1 aliphatic rings. The van der Waals surface area contributed by atoms with Crippen LogP contribution in [0.2, 0.25) is 0 Å². The SMILES string of the molecule is C=C/C=C1\C(CCC)=C(C=C)c2ccccc21. The highest BCUT2D eigenvalue weighted by Crippen LogP contribution is 2.43. The van der Waals surface area contributed by atoms with Crippen molar-refractivity contribution in [3.63, 3.8) is 0 Å². The van der Waals surface area contributed by atoms with E-state index in [2.05, 4.69) is 50.4 Å². The van der Waals surface area contributed by atoms with E-state index in [-0.39, 0.29) is 0 Å². The zero-order valence-electron chi connectivity index (χ0n) is 10.4. The minimum absolute atomic E-state index is 1.09. The number of hydrogen-bond donors (Lipinski definition) is 0. The van der Waals surface area contributed by atoms with E-state index in [1.54, 1.807) is 0 Å². The van der Waals surface area contributed by atoms with Crippen LogP contribution in [-0.4, -0.2) is 0 Å². The molecule has 0 atom stereocenters. The van der Waals surface area contributed by atoms with Gasteiger partial charge < -0.3 is 0 Å². The van der Waals surface area contributed by atoms with Gasteiger partial charge in [0.15, 0.2) is 0 Å². The monoisotopic (exact) mass is 222 g/mol. The number of allylic oxidation sites excluding steroid dienone is 6. The average molecular weight is 222 g/mol. The summed E-state index contributed by atoms with van der Waals surface area (Å²) in [5.74, 6) is 0. The molecular weight excluding hydrogens is 204 g/mol. The molecule has 0 fully saturated rings. The van der Waals surface area contributed by atoms with Crippen molar-refractivity contribution in [2.75, 3.05) is 0 Å². The van der Waals surface area contributed by atoms with Crippen molar-refractivity contribution < 1.29 is 0 Å². The molecule has 1 aliphatic carbocycles. The lowest BCUT2D eigenvalue weighted by Crippen LogP contribution is -1.84. The lowest BCUT2D eigenvalue weighted by Gasteiger charge is -2.05. The van der Waals surface area contributed by atoms with Crippen molar-refractivity contribution in [1.82, 2.24) is 0 Å². The van der Waals surface area contributed by atoms with Crippen LogP contribution in [0.5, 0.6) is 0 Å². The van der Waals surface area contributed by atoms with E-state index >= 15 is 0 Å². The van der Waals surface area contributed by atoms with E-state index in [1.807, 2.05) is 12.2 Å². The normalized spacial score (nSPS) is 16.2. The molecule has 0 amide bonds. The van der Waals surface area contributed by atoms with Gasteiger partial charge in [-0.2, -0.15) is 0 Å². The number of rotatable bonds is 4. The molecule has 0 N–H and O–H groups in total. The van der Waals surface area contributed by atoms with Gasteiger partial charge in [0.1, 0.15) is 0 Å². The topological polar surface area (TPSA) is 0 Å². The Labute approximate surface area is 104 Å². The predicted molar refractivity (Wildman–Crippen MR) is 76.6 cm³/mol. The van der Waals surface area contributed by atoms with E-state index in [9.17, 15) is 0 Å². The molecule has 0 spiro atoms. The minimum atomic E-state index is 1.09. The summed E-state index contributed by atoms with van der Waals surface area (Å²) in [6.45, 7) is 9.99. The number of fused-ring (bicyclic) bond motifs is 1. The summed E-state index contributed by atoms with van der Waals surface area (Å²) in [5, 5.41) is 0. The van der Waals surface area contributed by atoms with Crippen LogP contribution in [0.25, 0.3) is 11.1 Å². The Morgan fingerprint density at radius 1 is 1.12 bits per heavy atom. The van der Waals surface area contributed by atoms with Crippen LogP contribution in [0.3, 0.4) is 0 Å². The van der Waals surface area contributed by atoms with Crippen LogP contribution < -0.4 is 0 Å². The van der Waals surface area contributed by atoms with Crippen LogP contribution in [0.15, 0.2) is 61.2 Å². The van der Waals surface area contributed by atoms with E-state index in [0.29, 0.717) is 0 Å². The summed E-state index contributed by atoms with van der Waals surface area (Å²) < 4.78 is 0. The van der Waals surface area contributed by atoms with E-state index in [0.717, 1.165) is 12.8 Å². The van der Waals surface area contributed by atoms with Gasteiger partial charge in [0, 0.05) is 0 Å². The van der Waals surface area contributed by atoms with Gasteiger partial charge in [0.25, 0.3) is 0 Å². The summed E-state index contributed by atoms with van der Waals surface area (Å²) in [6.07, 6.45) is 8.20. The first kappa shape index (κ1) is 11.7. The number of benzene rings is 1. The van der Waals surface area contributed by atoms with Crippen LogP contribution in [-0.2, 0) is 0 Å². The van der Waals surface area contributed by atoms with Crippen molar-refractivity contribution in [2.45, 2.75) is 19.8 Å². The molecule has 0 saturated carbocycles. The van der Waals surface area contributed by atoms with Gasteiger partial charge in [-0.3, -0.25) is 0 Å². The Hall–Kier alpha value is -1.82. The molecule has 1 aromatic rings. The van der Waals surface area contributed by atoms with Gasteiger partial charge in [-0.1, -0.05) is 69.0 Å². The van der Waals surface area contributed by atoms with Gasteiger partial charge in [0.05, 0.1) is 0 Å². The third-order valence-corrected chi connectivity index (χ3v) is 3.15. The van der Waals surface area contributed by atoms with Crippen molar-refractivity contribution in [2.24, 2.45) is 0 Å². The van der Waals surface area contributed by atoms with E-state index in [4.69, 9.17) is 0 Å². The van der Waals surface area contributed by atoms with Crippen LogP contribution in [0.1, 0.15) is 30.9 Å². The second kappa shape index (κ2) is 5.01. The second-order valence-electron chi connectivity index (χ2n) is 4.21. The molecule has 0 nitrogen and oxygen atoms in total. The highest BCUT2D eigenvalue weighted by molar-refractivity contribution is 6.03. The standard InChI is InChI=1S/C17H18/c1-4-9-14-13(6-3)16-11-7-8-12-17(16)15(14)10-5-2/h5-8,10-12H,2-4,9H2,1H3/b15-10+. The fourth-order valence-corrected chi connectivity index (χ4v) is 2.48. The molecule has 0 bridgehead atoms. The van der Waals surface area contributed by atoms with Crippen LogP contribution in [0, 0.1) is 0 Å². The van der Waals surface area contributed by atoms with Crippen molar-refractivity contribution >= 4 is 11.1 Å².